The van der Waals surface area contributed by atoms with Gasteiger partial charge in [-0.05, 0) is 12.1 Å². The first-order valence-electron chi connectivity index (χ1n) is 5.65. The highest BCUT2D eigenvalue weighted by atomic mass is 32.1. The molecule has 5 heteroatoms. The van der Waals surface area contributed by atoms with Gasteiger partial charge < -0.3 is 10.2 Å². The molecule has 1 aromatic carbocycles. The maximum Gasteiger partial charge on any atom is 0.108 e. The van der Waals surface area contributed by atoms with E-state index >= 15 is 0 Å². The molecule has 2 atom stereocenters. The second kappa shape index (κ2) is 4.34. The smallest absolute Gasteiger partial charge is 0.108 e. The summed E-state index contributed by atoms with van der Waals surface area (Å²) in [6.45, 7) is 1.75. The Morgan fingerprint density at radius 3 is 2.65 bits per heavy atom. The Morgan fingerprint density at radius 1 is 1.24 bits per heavy atom. The van der Waals surface area contributed by atoms with E-state index in [0.29, 0.717) is 19.6 Å². The number of hydrogen-bond acceptors (Lipinski definition) is 5. The SMILES string of the molecule is O[C@@H]1CN(Cc2nc3ccccc3s2)C[C@@H]1O. The van der Waals surface area contributed by atoms with E-state index in [0.717, 1.165) is 10.5 Å². The molecule has 90 valence electrons. The molecule has 0 spiro atoms. The Kier molecular flexibility index (Phi) is 2.84. The van der Waals surface area contributed by atoms with Gasteiger partial charge in [0.15, 0.2) is 0 Å². The molecule has 0 unspecified atom stereocenters. The molecular formula is C12H14N2O2S. The number of thiazole rings is 1. The van der Waals surface area contributed by atoms with Gasteiger partial charge in [-0.2, -0.15) is 0 Å². The van der Waals surface area contributed by atoms with Crippen LogP contribution in [0.15, 0.2) is 24.3 Å². The van der Waals surface area contributed by atoms with Gasteiger partial charge in [-0.3, -0.25) is 4.90 Å². The van der Waals surface area contributed by atoms with Gasteiger partial charge in [0.25, 0.3) is 0 Å². The van der Waals surface area contributed by atoms with Crippen LogP contribution in [0.2, 0.25) is 0 Å². The molecule has 1 aliphatic rings. The molecule has 0 aliphatic carbocycles. The van der Waals surface area contributed by atoms with Crippen LogP contribution in [-0.4, -0.2) is 45.4 Å². The van der Waals surface area contributed by atoms with Gasteiger partial charge in [0.1, 0.15) is 5.01 Å². The van der Waals surface area contributed by atoms with Crippen LogP contribution in [0.4, 0.5) is 0 Å². The number of β-amino-alcohol motifs (C(OH)–C–C–N with tert-alkyl or cyclic N) is 2. The van der Waals surface area contributed by atoms with Gasteiger partial charge in [-0.25, -0.2) is 4.98 Å². The number of aromatic nitrogens is 1. The second-order valence-corrected chi connectivity index (χ2v) is 5.52. The third-order valence-electron chi connectivity index (χ3n) is 3.03. The lowest BCUT2D eigenvalue weighted by Crippen LogP contribution is -2.22. The predicted molar refractivity (Wildman–Crippen MR) is 66.9 cm³/mol. The number of hydrogen-bond donors (Lipinski definition) is 2. The van der Waals surface area contributed by atoms with Crippen LogP contribution in [0.1, 0.15) is 5.01 Å². The Balaban J connectivity index is 1.77. The first-order valence-corrected chi connectivity index (χ1v) is 6.47. The van der Waals surface area contributed by atoms with E-state index in [1.54, 1.807) is 11.3 Å². The lowest BCUT2D eigenvalue weighted by molar-refractivity contribution is 0.0572. The van der Waals surface area contributed by atoms with Gasteiger partial charge in [-0.1, -0.05) is 12.1 Å². The van der Waals surface area contributed by atoms with Crippen molar-refractivity contribution in [3.05, 3.63) is 29.3 Å². The molecule has 0 bridgehead atoms. The van der Waals surface area contributed by atoms with Crippen molar-refractivity contribution in [3.8, 4) is 0 Å². The minimum Gasteiger partial charge on any atom is -0.389 e. The van der Waals surface area contributed by atoms with Crippen LogP contribution in [0.25, 0.3) is 10.2 Å². The zero-order chi connectivity index (χ0) is 11.8. The average Bonchev–Trinajstić information content (AvgIpc) is 2.83. The summed E-state index contributed by atoms with van der Waals surface area (Å²) in [4.78, 5) is 6.57. The van der Waals surface area contributed by atoms with Crippen molar-refractivity contribution in [2.75, 3.05) is 13.1 Å². The monoisotopic (exact) mass is 250 g/mol. The van der Waals surface area contributed by atoms with Crippen molar-refractivity contribution < 1.29 is 10.2 Å². The van der Waals surface area contributed by atoms with E-state index in [-0.39, 0.29) is 0 Å². The highest BCUT2D eigenvalue weighted by molar-refractivity contribution is 7.18. The molecule has 0 saturated carbocycles. The van der Waals surface area contributed by atoms with Crippen LogP contribution in [0.5, 0.6) is 0 Å². The number of nitrogens with zero attached hydrogens (tertiary/aromatic N) is 2. The zero-order valence-electron chi connectivity index (χ0n) is 9.28. The lowest BCUT2D eigenvalue weighted by atomic mass is 10.3. The van der Waals surface area contributed by atoms with Crippen LogP contribution >= 0.6 is 11.3 Å². The molecule has 1 fully saturated rings. The molecule has 0 radical (unpaired) electrons. The van der Waals surface area contributed by atoms with Crippen molar-refractivity contribution in [1.82, 2.24) is 9.88 Å². The van der Waals surface area contributed by atoms with Crippen LogP contribution in [0, 0.1) is 0 Å². The van der Waals surface area contributed by atoms with Crippen molar-refractivity contribution in [1.29, 1.82) is 0 Å². The zero-order valence-corrected chi connectivity index (χ0v) is 10.1. The summed E-state index contributed by atoms with van der Waals surface area (Å²) >= 11 is 1.67. The van der Waals surface area contributed by atoms with Gasteiger partial charge >= 0.3 is 0 Å². The average molecular weight is 250 g/mol. The van der Waals surface area contributed by atoms with Crippen molar-refractivity contribution >= 4 is 21.6 Å². The molecule has 1 aromatic heterocycles. The molecular weight excluding hydrogens is 236 g/mol. The lowest BCUT2D eigenvalue weighted by Gasteiger charge is -2.11. The minimum absolute atomic E-state index is 0.525. The molecule has 0 amide bonds. The third-order valence-corrected chi connectivity index (χ3v) is 4.05. The third kappa shape index (κ3) is 2.19. The maximum atomic E-state index is 9.48. The quantitative estimate of drug-likeness (QED) is 0.829. The maximum absolute atomic E-state index is 9.48. The summed E-state index contributed by atoms with van der Waals surface area (Å²) < 4.78 is 1.18. The van der Waals surface area contributed by atoms with E-state index in [1.807, 2.05) is 23.1 Å². The topological polar surface area (TPSA) is 56.6 Å². The largest absolute Gasteiger partial charge is 0.389 e. The first-order chi connectivity index (χ1) is 8.22. The van der Waals surface area contributed by atoms with Gasteiger partial charge in [0.05, 0.1) is 29.0 Å². The van der Waals surface area contributed by atoms with E-state index in [9.17, 15) is 10.2 Å². The molecule has 2 N–H and O–H groups in total. The molecule has 1 saturated heterocycles. The number of aliphatic hydroxyl groups is 2. The molecule has 2 aromatic rings. The molecule has 1 aliphatic heterocycles. The van der Waals surface area contributed by atoms with Crippen molar-refractivity contribution in [3.63, 3.8) is 0 Å². The van der Waals surface area contributed by atoms with Gasteiger partial charge in [0.2, 0.25) is 0 Å². The van der Waals surface area contributed by atoms with Crippen molar-refractivity contribution in [2.45, 2.75) is 18.8 Å². The summed E-state index contributed by atoms with van der Waals surface area (Å²) in [6, 6.07) is 8.05. The highest BCUT2D eigenvalue weighted by Crippen LogP contribution is 2.23. The number of para-hydroxylation sites is 1. The van der Waals surface area contributed by atoms with E-state index in [4.69, 9.17) is 0 Å². The Hall–Kier alpha value is -1.01. The Bertz CT molecular complexity index is 485. The Morgan fingerprint density at radius 2 is 1.94 bits per heavy atom. The summed E-state index contributed by atoms with van der Waals surface area (Å²) in [5.41, 5.74) is 1.02. The van der Waals surface area contributed by atoms with Gasteiger partial charge in [0, 0.05) is 13.1 Å². The summed E-state index contributed by atoms with van der Waals surface area (Å²) in [7, 11) is 0. The first kappa shape index (κ1) is 11.1. The number of benzene rings is 1. The summed E-state index contributed by atoms with van der Waals surface area (Å²) in [6.07, 6.45) is -1.24. The molecule has 17 heavy (non-hydrogen) atoms. The normalized spacial score (nSPS) is 25.8. The summed E-state index contributed by atoms with van der Waals surface area (Å²) in [5, 5.41) is 20.0. The van der Waals surface area contributed by atoms with E-state index in [1.165, 1.54) is 4.70 Å². The number of fused-ring (bicyclic) bond motifs is 1. The number of rotatable bonds is 2. The standard InChI is InChI=1S/C12H14N2O2S/c15-9-5-14(6-10(9)16)7-12-13-8-3-1-2-4-11(8)17-12/h1-4,9-10,15-16H,5-7H2/t9-,10+. The van der Waals surface area contributed by atoms with Crippen LogP contribution in [-0.2, 0) is 6.54 Å². The van der Waals surface area contributed by atoms with Gasteiger partial charge in [-0.15, -0.1) is 11.3 Å². The van der Waals surface area contributed by atoms with Crippen LogP contribution < -0.4 is 0 Å². The molecule has 2 heterocycles. The van der Waals surface area contributed by atoms with E-state index < -0.39 is 12.2 Å². The second-order valence-electron chi connectivity index (χ2n) is 4.40. The fraction of sp³-hybridized carbons (Fsp3) is 0.417. The minimum atomic E-state index is -0.621. The summed E-state index contributed by atoms with van der Waals surface area (Å²) in [5.74, 6) is 0. The predicted octanol–water partition coefficient (Wildman–Crippen LogP) is 0.834. The molecule has 4 nitrogen and oxygen atoms in total. The van der Waals surface area contributed by atoms with E-state index in [2.05, 4.69) is 11.1 Å². The van der Waals surface area contributed by atoms with Crippen LogP contribution in [0.3, 0.4) is 0 Å². The number of likely N-dealkylation sites (tertiary alicyclic amines) is 1. The fourth-order valence-electron chi connectivity index (χ4n) is 2.15. The van der Waals surface area contributed by atoms with Crippen molar-refractivity contribution in [2.24, 2.45) is 0 Å². The fourth-order valence-corrected chi connectivity index (χ4v) is 3.16. The number of aliphatic hydroxyl groups excluding tert-OH is 2. The highest BCUT2D eigenvalue weighted by Gasteiger charge is 2.29. The molecule has 3 rings (SSSR count). The Labute approximate surface area is 103 Å².